The summed E-state index contributed by atoms with van der Waals surface area (Å²) in [6, 6.07) is 8.24. The van der Waals surface area contributed by atoms with Gasteiger partial charge in [-0.05, 0) is 35.8 Å². The van der Waals surface area contributed by atoms with Crippen LogP contribution in [0.1, 0.15) is 43.9 Å². The van der Waals surface area contributed by atoms with E-state index in [0.717, 1.165) is 24.8 Å². The van der Waals surface area contributed by atoms with Crippen LogP contribution in [0.15, 0.2) is 24.3 Å². The van der Waals surface area contributed by atoms with Gasteiger partial charge in [0.05, 0.1) is 6.10 Å². The molecule has 0 spiro atoms. The van der Waals surface area contributed by atoms with Crippen LogP contribution in [0.5, 0.6) is 0 Å². The molecule has 0 radical (unpaired) electrons. The molecule has 1 fully saturated rings. The van der Waals surface area contributed by atoms with Crippen molar-refractivity contribution in [2.45, 2.75) is 39.2 Å². The molecule has 1 saturated carbocycles. The summed E-state index contributed by atoms with van der Waals surface area (Å²) in [6.45, 7) is 4.31. The van der Waals surface area contributed by atoms with Crippen LogP contribution >= 0.6 is 0 Å². The van der Waals surface area contributed by atoms with Gasteiger partial charge in [-0.25, -0.2) is 0 Å². The first-order valence-electron chi connectivity index (χ1n) is 5.43. The molecular weight excluding hydrogens is 172 g/mol. The summed E-state index contributed by atoms with van der Waals surface area (Å²) in [5, 5.41) is 10.2. The highest BCUT2D eigenvalue weighted by molar-refractivity contribution is 5.31. The zero-order chi connectivity index (χ0) is 10.2. The fraction of sp³-hybridized carbons (Fsp3) is 0.538. The van der Waals surface area contributed by atoms with Crippen molar-refractivity contribution in [3.8, 4) is 0 Å². The van der Waals surface area contributed by atoms with E-state index in [0.29, 0.717) is 0 Å². The molecule has 0 heterocycles. The summed E-state index contributed by atoms with van der Waals surface area (Å²) in [7, 11) is 0. The van der Waals surface area contributed by atoms with Crippen molar-refractivity contribution in [1.82, 2.24) is 0 Å². The SMILES string of the molecule is CCc1ccccc1C(O)C1(C)CC1. The van der Waals surface area contributed by atoms with E-state index in [-0.39, 0.29) is 11.5 Å². The van der Waals surface area contributed by atoms with Crippen LogP contribution in [0.25, 0.3) is 0 Å². The smallest absolute Gasteiger partial charge is 0.0846 e. The average Bonchev–Trinajstić information content (AvgIpc) is 2.97. The average molecular weight is 190 g/mol. The van der Waals surface area contributed by atoms with Gasteiger partial charge in [0.25, 0.3) is 0 Å². The van der Waals surface area contributed by atoms with E-state index in [4.69, 9.17) is 0 Å². The minimum atomic E-state index is -0.265. The molecule has 1 N–H and O–H groups in total. The van der Waals surface area contributed by atoms with E-state index in [1.165, 1.54) is 5.56 Å². The van der Waals surface area contributed by atoms with Crippen LogP contribution in [0.4, 0.5) is 0 Å². The lowest BCUT2D eigenvalue weighted by molar-refractivity contribution is 0.103. The number of hydrogen-bond donors (Lipinski definition) is 1. The van der Waals surface area contributed by atoms with Crippen LogP contribution < -0.4 is 0 Å². The minimum Gasteiger partial charge on any atom is -0.388 e. The minimum absolute atomic E-state index is 0.158. The summed E-state index contributed by atoms with van der Waals surface area (Å²) in [5.41, 5.74) is 2.58. The van der Waals surface area contributed by atoms with Gasteiger partial charge in [-0.3, -0.25) is 0 Å². The maximum atomic E-state index is 10.2. The number of aryl methyl sites for hydroxylation is 1. The van der Waals surface area contributed by atoms with Gasteiger partial charge in [-0.1, -0.05) is 38.1 Å². The third-order valence-electron chi connectivity index (χ3n) is 3.43. The van der Waals surface area contributed by atoms with Gasteiger partial charge in [0.15, 0.2) is 0 Å². The maximum Gasteiger partial charge on any atom is 0.0846 e. The number of rotatable bonds is 3. The predicted octanol–water partition coefficient (Wildman–Crippen LogP) is 3.08. The molecule has 1 atom stereocenters. The molecule has 2 rings (SSSR count). The van der Waals surface area contributed by atoms with E-state index < -0.39 is 0 Å². The predicted molar refractivity (Wildman–Crippen MR) is 58.1 cm³/mol. The molecular formula is C13H18O. The Hall–Kier alpha value is -0.820. The third-order valence-corrected chi connectivity index (χ3v) is 3.43. The van der Waals surface area contributed by atoms with Crippen LogP contribution in [-0.2, 0) is 6.42 Å². The molecule has 1 aliphatic carbocycles. The molecule has 14 heavy (non-hydrogen) atoms. The highest BCUT2D eigenvalue weighted by Gasteiger charge is 2.45. The zero-order valence-corrected chi connectivity index (χ0v) is 8.96. The van der Waals surface area contributed by atoms with Crippen molar-refractivity contribution in [3.05, 3.63) is 35.4 Å². The molecule has 1 nitrogen and oxygen atoms in total. The highest BCUT2D eigenvalue weighted by Crippen LogP contribution is 2.54. The Bertz CT molecular complexity index is 326. The Morgan fingerprint density at radius 1 is 1.36 bits per heavy atom. The van der Waals surface area contributed by atoms with Crippen LogP contribution in [0.3, 0.4) is 0 Å². The summed E-state index contributed by atoms with van der Waals surface area (Å²) in [6.07, 6.45) is 3.06. The Balaban J connectivity index is 2.30. The summed E-state index contributed by atoms with van der Waals surface area (Å²) >= 11 is 0. The Labute approximate surface area is 85.8 Å². The van der Waals surface area contributed by atoms with E-state index in [9.17, 15) is 5.11 Å². The number of aliphatic hydroxyl groups excluding tert-OH is 1. The summed E-state index contributed by atoms with van der Waals surface area (Å²) < 4.78 is 0. The normalized spacial score (nSPS) is 20.5. The van der Waals surface area contributed by atoms with E-state index >= 15 is 0 Å². The van der Waals surface area contributed by atoms with Crippen molar-refractivity contribution in [1.29, 1.82) is 0 Å². The quantitative estimate of drug-likeness (QED) is 0.776. The topological polar surface area (TPSA) is 20.2 Å². The Kier molecular flexibility index (Phi) is 2.36. The molecule has 1 aromatic rings. The molecule has 1 aromatic carbocycles. The van der Waals surface area contributed by atoms with Crippen molar-refractivity contribution in [3.63, 3.8) is 0 Å². The Morgan fingerprint density at radius 2 is 2.00 bits per heavy atom. The second-order valence-electron chi connectivity index (χ2n) is 4.61. The van der Waals surface area contributed by atoms with Crippen LogP contribution in [0, 0.1) is 5.41 Å². The van der Waals surface area contributed by atoms with Gasteiger partial charge < -0.3 is 5.11 Å². The molecule has 1 aliphatic rings. The largest absolute Gasteiger partial charge is 0.388 e. The van der Waals surface area contributed by atoms with Crippen LogP contribution in [-0.4, -0.2) is 5.11 Å². The fourth-order valence-electron chi connectivity index (χ4n) is 1.97. The molecule has 0 amide bonds. The van der Waals surface area contributed by atoms with Crippen LogP contribution in [0.2, 0.25) is 0 Å². The van der Waals surface area contributed by atoms with Gasteiger partial charge in [0.1, 0.15) is 0 Å². The monoisotopic (exact) mass is 190 g/mol. The van der Waals surface area contributed by atoms with E-state index in [2.05, 4.69) is 26.0 Å². The summed E-state index contributed by atoms with van der Waals surface area (Å²) in [5.74, 6) is 0. The second-order valence-corrected chi connectivity index (χ2v) is 4.61. The lowest BCUT2D eigenvalue weighted by Gasteiger charge is -2.20. The Morgan fingerprint density at radius 3 is 2.57 bits per heavy atom. The standard InChI is InChI=1S/C13H18O/c1-3-10-6-4-5-7-11(10)12(14)13(2)8-9-13/h4-7,12,14H,3,8-9H2,1-2H3. The first-order valence-corrected chi connectivity index (χ1v) is 5.43. The summed E-state index contributed by atoms with van der Waals surface area (Å²) in [4.78, 5) is 0. The first-order chi connectivity index (χ1) is 6.67. The number of benzene rings is 1. The lowest BCUT2D eigenvalue weighted by atomic mass is 9.90. The van der Waals surface area contributed by atoms with Crippen molar-refractivity contribution in [2.24, 2.45) is 5.41 Å². The molecule has 0 aliphatic heterocycles. The van der Waals surface area contributed by atoms with Gasteiger partial charge in [-0.15, -0.1) is 0 Å². The first kappa shape index (κ1) is 9.72. The zero-order valence-electron chi connectivity index (χ0n) is 8.96. The molecule has 0 aromatic heterocycles. The molecule has 0 saturated heterocycles. The third kappa shape index (κ3) is 1.57. The lowest BCUT2D eigenvalue weighted by Crippen LogP contribution is -2.11. The van der Waals surface area contributed by atoms with Gasteiger partial charge in [0.2, 0.25) is 0 Å². The van der Waals surface area contributed by atoms with Gasteiger partial charge >= 0.3 is 0 Å². The molecule has 1 unspecified atom stereocenters. The van der Waals surface area contributed by atoms with Gasteiger partial charge in [0, 0.05) is 0 Å². The van der Waals surface area contributed by atoms with E-state index in [1.807, 2.05) is 12.1 Å². The second kappa shape index (κ2) is 3.39. The van der Waals surface area contributed by atoms with Crippen molar-refractivity contribution in [2.75, 3.05) is 0 Å². The highest BCUT2D eigenvalue weighted by atomic mass is 16.3. The number of aliphatic hydroxyl groups is 1. The molecule has 0 bridgehead atoms. The van der Waals surface area contributed by atoms with Crippen molar-refractivity contribution >= 4 is 0 Å². The van der Waals surface area contributed by atoms with Crippen molar-refractivity contribution < 1.29 is 5.11 Å². The fourth-order valence-corrected chi connectivity index (χ4v) is 1.97. The number of hydrogen-bond acceptors (Lipinski definition) is 1. The van der Waals surface area contributed by atoms with Gasteiger partial charge in [-0.2, -0.15) is 0 Å². The van der Waals surface area contributed by atoms with E-state index in [1.54, 1.807) is 0 Å². The molecule has 1 heteroatoms. The molecule has 76 valence electrons. The maximum absolute atomic E-state index is 10.2.